The second-order valence-electron chi connectivity index (χ2n) is 7.09. The number of amides is 1. The first-order valence-electron chi connectivity index (χ1n) is 9.83. The first-order chi connectivity index (χ1) is 15.8. The number of hydrogen-bond donors (Lipinski definition) is 2. The van der Waals surface area contributed by atoms with Crippen LogP contribution < -0.4 is 18.9 Å². The van der Waals surface area contributed by atoms with Crippen LogP contribution >= 0.6 is 0 Å². The van der Waals surface area contributed by atoms with Crippen molar-refractivity contribution in [2.75, 3.05) is 11.8 Å². The molecule has 1 aliphatic heterocycles. The van der Waals surface area contributed by atoms with Gasteiger partial charge in [0.1, 0.15) is 11.5 Å². The fraction of sp³-hybridized carbons (Fsp3) is 0.190. The molecule has 0 spiro atoms. The summed E-state index contributed by atoms with van der Waals surface area (Å²) in [7, 11) is -2.69. The van der Waals surface area contributed by atoms with E-state index in [1.165, 1.54) is 30.1 Å². The molecule has 1 aromatic heterocycles. The Bertz CT molecular complexity index is 1290. The average Bonchev–Trinajstić information content (AvgIpc) is 2.79. The van der Waals surface area contributed by atoms with Gasteiger partial charge in [0.15, 0.2) is 5.82 Å². The molecule has 0 saturated carbocycles. The van der Waals surface area contributed by atoms with Gasteiger partial charge in [0.25, 0.3) is 10.2 Å². The zero-order valence-corrected chi connectivity index (χ0v) is 18.5. The maximum Gasteiger partial charge on any atom is 0.416 e. The Labute approximate surface area is 189 Å². The van der Waals surface area contributed by atoms with Crippen LogP contribution in [-0.2, 0) is 16.8 Å². The lowest BCUT2D eigenvalue weighted by Crippen LogP contribution is -2.39. The number of carbonyl (C=O) groups excluding carboxylic acids is 1. The van der Waals surface area contributed by atoms with Gasteiger partial charge < -0.3 is 9.47 Å². The van der Waals surface area contributed by atoms with Crippen molar-refractivity contribution in [3.05, 3.63) is 71.8 Å². The summed E-state index contributed by atoms with van der Waals surface area (Å²) in [5.74, 6) is -0.0779. The molecule has 0 bridgehead atoms. The Kier molecular flexibility index (Phi) is 6.11. The van der Waals surface area contributed by atoms with E-state index in [0.29, 0.717) is 17.1 Å². The van der Waals surface area contributed by atoms with Gasteiger partial charge in [-0.2, -0.15) is 8.42 Å². The number of ether oxygens (including phenoxy) is 2. The van der Waals surface area contributed by atoms with Crippen LogP contribution in [0.25, 0.3) is 0 Å². The number of nitrogens with zero attached hydrogens (tertiary/aromatic N) is 3. The summed E-state index contributed by atoms with van der Waals surface area (Å²) >= 11 is 0. The molecule has 1 aliphatic rings. The molecule has 1 atom stereocenters. The maximum atomic E-state index is 14.9. The molecule has 2 heterocycles. The Hall–Kier alpha value is -3.77. The van der Waals surface area contributed by atoms with Crippen molar-refractivity contribution in [3.8, 4) is 17.5 Å². The van der Waals surface area contributed by atoms with Crippen LogP contribution in [0.4, 0.5) is 14.9 Å². The van der Waals surface area contributed by atoms with Gasteiger partial charge in [-0.15, -0.1) is 0 Å². The third-order valence-corrected chi connectivity index (χ3v) is 6.04. The highest BCUT2D eigenvalue weighted by atomic mass is 32.2. The zero-order chi connectivity index (χ0) is 23.6. The van der Waals surface area contributed by atoms with Gasteiger partial charge in [0, 0.05) is 36.6 Å². The standard InChI is InChI=1S/C21H20FN5O5S/c1-13-16-8-7-15(31-20-24-9-4-10-25-20)11-18(16)32-21(28)27(13)12-14-5-3-6-17(19(14)22)26-33(29,30)23-2/h3-11,13,23,26H,12H2,1-2H3. The molecular weight excluding hydrogens is 453 g/mol. The topological polar surface area (TPSA) is 123 Å². The Morgan fingerprint density at radius 3 is 2.67 bits per heavy atom. The van der Waals surface area contributed by atoms with Crippen molar-refractivity contribution >= 4 is 22.0 Å². The van der Waals surface area contributed by atoms with Crippen LogP contribution in [0.1, 0.15) is 24.1 Å². The minimum atomic E-state index is -3.90. The molecule has 0 saturated heterocycles. The van der Waals surface area contributed by atoms with Crippen molar-refractivity contribution in [2.45, 2.75) is 19.5 Å². The Morgan fingerprint density at radius 2 is 1.94 bits per heavy atom. The maximum absolute atomic E-state index is 14.9. The van der Waals surface area contributed by atoms with Gasteiger partial charge in [-0.3, -0.25) is 9.62 Å². The predicted octanol–water partition coefficient (Wildman–Crippen LogP) is 3.36. The van der Waals surface area contributed by atoms with E-state index >= 15 is 0 Å². The molecule has 2 N–H and O–H groups in total. The SMILES string of the molecule is CNS(=O)(=O)Nc1cccc(CN2C(=O)Oc3cc(Oc4ncccn4)ccc3C2C)c1F. The monoisotopic (exact) mass is 473 g/mol. The highest BCUT2D eigenvalue weighted by molar-refractivity contribution is 7.90. The van der Waals surface area contributed by atoms with Crippen LogP contribution in [0.2, 0.25) is 0 Å². The highest BCUT2D eigenvalue weighted by Crippen LogP contribution is 2.38. The van der Waals surface area contributed by atoms with Crippen molar-refractivity contribution < 1.29 is 27.1 Å². The molecule has 3 aromatic rings. The lowest BCUT2D eigenvalue weighted by atomic mass is 10.0. The summed E-state index contributed by atoms with van der Waals surface area (Å²) in [5.41, 5.74) is 0.591. The summed E-state index contributed by atoms with van der Waals surface area (Å²) in [6, 6.07) is 10.6. The lowest BCUT2D eigenvalue weighted by Gasteiger charge is -2.34. The summed E-state index contributed by atoms with van der Waals surface area (Å²) in [6.07, 6.45) is 2.40. The fourth-order valence-corrected chi connectivity index (χ4v) is 3.84. The third-order valence-electron chi connectivity index (χ3n) is 5.02. The Balaban J connectivity index is 1.55. The average molecular weight is 473 g/mol. The smallest absolute Gasteiger partial charge is 0.416 e. The number of hydrogen-bond acceptors (Lipinski definition) is 7. The number of carbonyl (C=O) groups is 1. The van der Waals surface area contributed by atoms with Crippen LogP contribution in [0, 0.1) is 5.82 Å². The molecule has 1 unspecified atom stereocenters. The highest BCUT2D eigenvalue weighted by Gasteiger charge is 2.32. The fourth-order valence-electron chi connectivity index (χ4n) is 3.30. The summed E-state index contributed by atoms with van der Waals surface area (Å²) in [6.45, 7) is 1.65. The van der Waals surface area contributed by atoms with Gasteiger partial charge >= 0.3 is 12.1 Å². The van der Waals surface area contributed by atoms with E-state index < -0.39 is 28.2 Å². The molecule has 0 radical (unpaired) electrons. The second-order valence-corrected chi connectivity index (χ2v) is 8.71. The molecule has 1 amide bonds. The van der Waals surface area contributed by atoms with Gasteiger partial charge in [-0.1, -0.05) is 12.1 Å². The van der Waals surface area contributed by atoms with Crippen LogP contribution in [0.5, 0.6) is 17.5 Å². The van der Waals surface area contributed by atoms with Crippen molar-refractivity contribution in [1.82, 2.24) is 19.6 Å². The first kappa shape index (κ1) is 22.4. The minimum Gasteiger partial charge on any atom is -0.424 e. The molecule has 172 valence electrons. The van der Waals surface area contributed by atoms with E-state index in [-0.39, 0.29) is 23.8 Å². The van der Waals surface area contributed by atoms with Crippen LogP contribution in [0.3, 0.4) is 0 Å². The first-order valence-corrected chi connectivity index (χ1v) is 11.3. The van der Waals surface area contributed by atoms with Crippen molar-refractivity contribution in [3.63, 3.8) is 0 Å². The lowest BCUT2D eigenvalue weighted by molar-refractivity contribution is 0.116. The van der Waals surface area contributed by atoms with E-state index in [0.717, 1.165) is 0 Å². The van der Waals surface area contributed by atoms with E-state index in [2.05, 4.69) is 19.4 Å². The van der Waals surface area contributed by atoms with Gasteiger partial charge in [-0.05, 0) is 31.2 Å². The number of rotatable bonds is 7. The van der Waals surface area contributed by atoms with E-state index in [1.54, 1.807) is 43.6 Å². The number of anilines is 1. The van der Waals surface area contributed by atoms with Gasteiger partial charge in [0.2, 0.25) is 0 Å². The van der Waals surface area contributed by atoms with Crippen molar-refractivity contribution in [1.29, 1.82) is 0 Å². The number of halogens is 1. The molecule has 0 aliphatic carbocycles. The summed E-state index contributed by atoms with van der Waals surface area (Å²) in [4.78, 5) is 22.0. The quantitative estimate of drug-likeness (QED) is 0.539. The van der Waals surface area contributed by atoms with E-state index in [1.807, 2.05) is 0 Å². The molecular formula is C21H20FN5O5S. The largest absolute Gasteiger partial charge is 0.424 e. The van der Waals surface area contributed by atoms with E-state index in [4.69, 9.17) is 9.47 Å². The number of aromatic nitrogens is 2. The molecule has 10 nitrogen and oxygen atoms in total. The number of fused-ring (bicyclic) bond motifs is 1. The third kappa shape index (κ3) is 4.86. The minimum absolute atomic E-state index is 0.125. The van der Waals surface area contributed by atoms with Crippen molar-refractivity contribution in [2.24, 2.45) is 0 Å². The number of nitrogens with one attached hydrogen (secondary N) is 2. The van der Waals surface area contributed by atoms with Crippen LogP contribution in [0.15, 0.2) is 54.9 Å². The molecule has 33 heavy (non-hydrogen) atoms. The molecule has 2 aromatic carbocycles. The molecule has 4 rings (SSSR count). The van der Waals surface area contributed by atoms with Gasteiger partial charge in [-0.25, -0.2) is 23.9 Å². The van der Waals surface area contributed by atoms with E-state index in [9.17, 15) is 17.6 Å². The summed E-state index contributed by atoms with van der Waals surface area (Å²) in [5, 5.41) is 0. The Morgan fingerprint density at radius 1 is 1.18 bits per heavy atom. The second kappa shape index (κ2) is 9.00. The van der Waals surface area contributed by atoms with Gasteiger partial charge in [0.05, 0.1) is 18.3 Å². The summed E-state index contributed by atoms with van der Waals surface area (Å²) < 4.78 is 53.6. The number of benzene rings is 2. The van der Waals surface area contributed by atoms with Crippen LogP contribution in [-0.4, -0.2) is 36.4 Å². The molecule has 12 heteroatoms. The molecule has 0 fully saturated rings. The normalized spacial score (nSPS) is 15.5. The zero-order valence-electron chi connectivity index (χ0n) is 17.6. The predicted molar refractivity (Wildman–Crippen MR) is 117 cm³/mol.